The highest BCUT2D eigenvalue weighted by atomic mass is 35.5. The van der Waals surface area contributed by atoms with Crippen LogP contribution in [-0.2, 0) is 4.74 Å². The molecule has 2 aromatic carbocycles. The summed E-state index contributed by atoms with van der Waals surface area (Å²) in [6.07, 6.45) is 0. The summed E-state index contributed by atoms with van der Waals surface area (Å²) >= 11 is 13.3. The van der Waals surface area contributed by atoms with Gasteiger partial charge < -0.3 is 10.1 Å². The molecule has 0 bridgehead atoms. The van der Waals surface area contributed by atoms with E-state index in [9.17, 15) is 9.59 Å². The first-order valence-corrected chi connectivity index (χ1v) is 9.75. The van der Waals surface area contributed by atoms with Crippen molar-refractivity contribution in [3.8, 4) is 11.1 Å². The van der Waals surface area contributed by atoms with Crippen molar-refractivity contribution in [3.63, 3.8) is 0 Å². The Kier molecular flexibility index (Phi) is 6.16. The lowest BCUT2D eigenvalue weighted by Gasteiger charge is -2.10. The van der Waals surface area contributed by atoms with E-state index in [4.69, 9.17) is 27.9 Å². The number of ether oxygens (including phenoxy) is 1. The van der Waals surface area contributed by atoms with Crippen LogP contribution in [0, 0.1) is 0 Å². The molecule has 27 heavy (non-hydrogen) atoms. The van der Waals surface area contributed by atoms with Crippen LogP contribution in [0.1, 0.15) is 27.6 Å². The zero-order chi connectivity index (χ0) is 19.4. The summed E-state index contributed by atoms with van der Waals surface area (Å²) in [5.41, 5.74) is 2.11. The van der Waals surface area contributed by atoms with Gasteiger partial charge >= 0.3 is 5.97 Å². The molecule has 4 nitrogen and oxygen atoms in total. The van der Waals surface area contributed by atoms with Gasteiger partial charge in [0.15, 0.2) is 0 Å². The molecular formula is C20H15Cl2NO3S. The standard InChI is InChI=1S/C20H15Cl2NO3S/c1-2-26-20(25)17-15(12-6-4-3-5-7-12)11-27-19(17)23-18(24)14-10-13(21)8-9-16(14)22/h3-11H,2H2,1H3,(H,23,24). The van der Waals surface area contributed by atoms with Crippen molar-refractivity contribution in [2.75, 3.05) is 11.9 Å². The summed E-state index contributed by atoms with van der Waals surface area (Å²) < 4.78 is 5.19. The minimum absolute atomic E-state index is 0.230. The Bertz CT molecular complexity index is 986. The number of amides is 1. The van der Waals surface area contributed by atoms with Gasteiger partial charge in [0, 0.05) is 16.0 Å². The van der Waals surface area contributed by atoms with E-state index in [1.807, 2.05) is 35.7 Å². The normalized spacial score (nSPS) is 10.5. The topological polar surface area (TPSA) is 55.4 Å². The number of halogens is 2. The fourth-order valence-corrected chi connectivity index (χ4v) is 3.86. The molecule has 3 rings (SSSR count). The van der Waals surface area contributed by atoms with E-state index in [1.165, 1.54) is 17.4 Å². The van der Waals surface area contributed by atoms with Crippen LogP contribution >= 0.6 is 34.5 Å². The Balaban J connectivity index is 2.00. The first-order chi connectivity index (χ1) is 13.0. The second-order valence-electron chi connectivity index (χ2n) is 5.52. The average molecular weight is 420 g/mol. The molecule has 1 heterocycles. The van der Waals surface area contributed by atoms with Crippen LogP contribution in [0.3, 0.4) is 0 Å². The van der Waals surface area contributed by atoms with Gasteiger partial charge in [0.2, 0.25) is 0 Å². The SMILES string of the molecule is CCOC(=O)c1c(-c2ccccc2)csc1NC(=O)c1cc(Cl)ccc1Cl. The fraction of sp³-hybridized carbons (Fsp3) is 0.100. The minimum Gasteiger partial charge on any atom is -0.462 e. The summed E-state index contributed by atoms with van der Waals surface area (Å²) in [6.45, 7) is 1.97. The fourth-order valence-electron chi connectivity index (χ4n) is 2.53. The number of hydrogen-bond donors (Lipinski definition) is 1. The number of anilines is 1. The highest BCUT2D eigenvalue weighted by molar-refractivity contribution is 7.15. The van der Waals surface area contributed by atoms with Gasteiger partial charge in [-0.25, -0.2) is 4.79 Å². The van der Waals surface area contributed by atoms with Crippen LogP contribution in [0.15, 0.2) is 53.9 Å². The molecule has 7 heteroatoms. The van der Waals surface area contributed by atoms with Gasteiger partial charge in [-0.1, -0.05) is 53.5 Å². The van der Waals surface area contributed by atoms with Crippen molar-refractivity contribution in [1.82, 2.24) is 0 Å². The van der Waals surface area contributed by atoms with E-state index in [2.05, 4.69) is 5.32 Å². The predicted octanol–water partition coefficient (Wildman–Crippen LogP) is 6.15. The third-order valence-electron chi connectivity index (χ3n) is 3.76. The predicted molar refractivity (Wildman–Crippen MR) is 110 cm³/mol. The summed E-state index contributed by atoms with van der Waals surface area (Å²) in [6, 6.07) is 14.1. The monoisotopic (exact) mass is 419 g/mol. The Hall–Kier alpha value is -2.34. The van der Waals surface area contributed by atoms with E-state index in [0.29, 0.717) is 21.2 Å². The van der Waals surface area contributed by atoms with Gasteiger partial charge in [-0.2, -0.15) is 0 Å². The average Bonchev–Trinajstić information content (AvgIpc) is 3.08. The third-order valence-corrected chi connectivity index (χ3v) is 5.22. The highest BCUT2D eigenvalue weighted by Crippen LogP contribution is 2.36. The van der Waals surface area contributed by atoms with Gasteiger partial charge in [-0.05, 0) is 30.7 Å². The lowest BCUT2D eigenvalue weighted by molar-refractivity contribution is 0.0529. The van der Waals surface area contributed by atoms with Crippen molar-refractivity contribution in [2.45, 2.75) is 6.92 Å². The number of esters is 1. The van der Waals surface area contributed by atoms with Crippen molar-refractivity contribution >= 4 is 51.4 Å². The molecule has 1 amide bonds. The second kappa shape index (κ2) is 8.57. The summed E-state index contributed by atoms with van der Waals surface area (Å²) in [7, 11) is 0. The van der Waals surface area contributed by atoms with Gasteiger partial charge in [-0.3, -0.25) is 4.79 Å². The number of thiophene rings is 1. The Morgan fingerprint density at radius 1 is 1.11 bits per heavy atom. The number of rotatable bonds is 5. The molecule has 1 N–H and O–H groups in total. The molecule has 0 unspecified atom stereocenters. The first-order valence-electron chi connectivity index (χ1n) is 8.11. The van der Waals surface area contributed by atoms with Crippen molar-refractivity contribution in [1.29, 1.82) is 0 Å². The highest BCUT2D eigenvalue weighted by Gasteiger charge is 2.23. The molecular weight excluding hydrogens is 405 g/mol. The number of carbonyl (C=O) groups excluding carboxylic acids is 2. The second-order valence-corrected chi connectivity index (χ2v) is 7.24. The van der Waals surface area contributed by atoms with Gasteiger partial charge in [0.05, 0.1) is 17.2 Å². The lowest BCUT2D eigenvalue weighted by atomic mass is 10.0. The Morgan fingerprint density at radius 2 is 1.85 bits per heavy atom. The summed E-state index contributed by atoms with van der Waals surface area (Å²) in [5, 5.41) is 5.64. The van der Waals surface area contributed by atoms with E-state index >= 15 is 0 Å². The molecule has 3 aromatic rings. The zero-order valence-electron chi connectivity index (χ0n) is 14.3. The van der Waals surface area contributed by atoms with Crippen molar-refractivity contribution in [2.24, 2.45) is 0 Å². The molecule has 0 saturated carbocycles. The molecule has 0 fully saturated rings. The number of carbonyl (C=O) groups is 2. The summed E-state index contributed by atoms with van der Waals surface area (Å²) in [4.78, 5) is 25.2. The molecule has 138 valence electrons. The zero-order valence-corrected chi connectivity index (χ0v) is 16.6. The van der Waals surface area contributed by atoms with Crippen LogP contribution in [0.25, 0.3) is 11.1 Å². The van der Waals surface area contributed by atoms with Crippen LogP contribution in [0.4, 0.5) is 5.00 Å². The van der Waals surface area contributed by atoms with Gasteiger partial charge in [0.1, 0.15) is 10.6 Å². The maximum absolute atomic E-state index is 12.7. The van der Waals surface area contributed by atoms with Crippen LogP contribution in [0.5, 0.6) is 0 Å². The van der Waals surface area contributed by atoms with E-state index in [-0.39, 0.29) is 17.2 Å². The molecule has 0 radical (unpaired) electrons. The molecule has 0 saturated heterocycles. The number of benzene rings is 2. The Morgan fingerprint density at radius 3 is 2.56 bits per heavy atom. The van der Waals surface area contributed by atoms with Gasteiger partial charge in [0.25, 0.3) is 5.91 Å². The quantitative estimate of drug-likeness (QED) is 0.504. The maximum Gasteiger partial charge on any atom is 0.341 e. The minimum atomic E-state index is -0.495. The van der Waals surface area contributed by atoms with E-state index < -0.39 is 11.9 Å². The third kappa shape index (κ3) is 4.33. The summed E-state index contributed by atoms with van der Waals surface area (Å²) in [5.74, 6) is -0.945. The molecule has 0 atom stereocenters. The first kappa shape index (κ1) is 19.4. The number of hydrogen-bond acceptors (Lipinski definition) is 4. The Labute approximate surface area is 170 Å². The van der Waals surface area contributed by atoms with Crippen LogP contribution < -0.4 is 5.32 Å². The largest absolute Gasteiger partial charge is 0.462 e. The molecule has 1 aromatic heterocycles. The molecule has 0 aliphatic carbocycles. The smallest absolute Gasteiger partial charge is 0.341 e. The van der Waals surface area contributed by atoms with Crippen LogP contribution in [0.2, 0.25) is 10.0 Å². The number of nitrogens with one attached hydrogen (secondary N) is 1. The molecule has 0 aliphatic rings. The maximum atomic E-state index is 12.7. The van der Waals surface area contributed by atoms with Crippen molar-refractivity contribution in [3.05, 3.63) is 75.1 Å². The lowest BCUT2D eigenvalue weighted by Crippen LogP contribution is -2.15. The van der Waals surface area contributed by atoms with E-state index in [1.54, 1.807) is 19.1 Å². The van der Waals surface area contributed by atoms with E-state index in [0.717, 1.165) is 5.56 Å². The van der Waals surface area contributed by atoms with Crippen LogP contribution in [-0.4, -0.2) is 18.5 Å². The van der Waals surface area contributed by atoms with Gasteiger partial charge in [-0.15, -0.1) is 11.3 Å². The molecule has 0 aliphatic heterocycles. The molecule has 0 spiro atoms. The van der Waals surface area contributed by atoms with Crippen molar-refractivity contribution < 1.29 is 14.3 Å².